The van der Waals surface area contributed by atoms with Gasteiger partial charge in [-0.25, -0.2) is 9.78 Å². The summed E-state index contributed by atoms with van der Waals surface area (Å²) in [5.74, 6) is 0.235. The van der Waals surface area contributed by atoms with Crippen molar-refractivity contribution in [1.82, 2.24) is 4.98 Å². The van der Waals surface area contributed by atoms with Gasteiger partial charge in [-0.3, -0.25) is 0 Å². The Morgan fingerprint density at radius 2 is 2.47 bits per heavy atom. The van der Waals surface area contributed by atoms with Crippen molar-refractivity contribution in [2.45, 2.75) is 38.1 Å². The van der Waals surface area contributed by atoms with Gasteiger partial charge in [0.15, 0.2) is 5.69 Å². The van der Waals surface area contributed by atoms with Crippen LogP contribution in [0.4, 0.5) is 0 Å². The first-order valence-corrected chi connectivity index (χ1v) is 6.76. The minimum Gasteiger partial charge on any atom is -0.464 e. The second-order valence-corrected chi connectivity index (χ2v) is 5.75. The van der Waals surface area contributed by atoms with E-state index in [9.17, 15) is 4.79 Å². The summed E-state index contributed by atoms with van der Waals surface area (Å²) in [5, 5.41) is 2.60. The molecule has 0 aliphatic heterocycles. The molecule has 0 aromatic carbocycles. The van der Waals surface area contributed by atoms with Crippen LogP contribution in [-0.4, -0.2) is 18.1 Å². The molecule has 1 aromatic rings. The van der Waals surface area contributed by atoms with Crippen molar-refractivity contribution in [2.24, 2.45) is 11.7 Å². The summed E-state index contributed by atoms with van der Waals surface area (Å²) in [5.41, 5.74) is 6.44. The number of hydrogen-bond acceptors (Lipinski definition) is 5. The molecular formula is C12H18N2O2S. The van der Waals surface area contributed by atoms with Crippen LogP contribution in [0.25, 0.3) is 0 Å². The van der Waals surface area contributed by atoms with Crippen molar-refractivity contribution in [1.29, 1.82) is 0 Å². The van der Waals surface area contributed by atoms with Crippen molar-refractivity contribution in [3.05, 3.63) is 16.1 Å². The highest BCUT2D eigenvalue weighted by Crippen LogP contribution is 2.38. The Kier molecular flexibility index (Phi) is 3.49. The van der Waals surface area contributed by atoms with Gasteiger partial charge in [-0.15, -0.1) is 11.3 Å². The Bertz CT molecular complexity index is 418. The average Bonchev–Trinajstić information content (AvgIpc) is 2.77. The Hall–Kier alpha value is -0.940. The van der Waals surface area contributed by atoms with E-state index in [0.717, 1.165) is 24.3 Å². The predicted molar refractivity (Wildman–Crippen MR) is 67.0 cm³/mol. The van der Waals surface area contributed by atoms with Gasteiger partial charge < -0.3 is 10.5 Å². The molecule has 2 unspecified atom stereocenters. The van der Waals surface area contributed by atoms with Gasteiger partial charge in [0.1, 0.15) is 5.01 Å². The highest BCUT2D eigenvalue weighted by molar-refractivity contribution is 7.10. The predicted octanol–water partition coefficient (Wildman–Crippen LogP) is 2.29. The van der Waals surface area contributed by atoms with Crippen molar-refractivity contribution in [2.75, 3.05) is 7.11 Å². The number of esters is 1. The fourth-order valence-electron chi connectivity index (χ4n) is 2.49. The Labute approximate surface area is 105 Å². The van der Waals surface area contributed by atoms with Crippen molar-refractivity contribution in [3.63, 3.8) is 0 Å². The molecule has 2 atom stereocenters. The zero-order chi connectivity index (χ0) is 12.5. The smallest absolute Gasteiger partial charge is 0.357 e. The zero-order valence-corrected chi connectivity index (χ0v) is 11.0. The molecule has 2 N–H and O–H groups in total. The largest absolute Gasteiger partial charge is 0.464 e. The van der Waals surface area contributed by atoms with Gasteiger partial charge in [-0.1, -0.05) is 19.8 Å². The van der Waals surface area contributed by atoms with Crippen molar-refractivity contribution < 1.29 is 9.53 Å². The zero-order valence-electron chi connectivity index (χ0n) is 10.2. The number of methoxy groups -OCH3 is 1. The molecule has 17 heavy (non-hydrogen) atoms. The van der Waals surface area contributed by atoms with Crippen LogP contribution >= 0.6 is 11.3 Å². The van der Waals surface area contributed by atoms with Crippen LogP contribution < -0.4 is 5.73 Å². The molecule has 0 radical (unpaired) electrons. The molecule has 1 aliphatic rings. The van der Waals surface area contributed by atoms with E-state index in [-0.39, 0.29) is 11.5 Å². The summed E-state index contributed by atoms with van der Waals surface area (Å²) >= 11 is 1.46. The molecule has 1 heterocycles. The maximum absolute atomic E-state index is 11.4. The fraction of sp³-hybridized carbons (Fsp3) is 0.667. The first-order valence-electron chi connectivity index (χ1n) is 5.88. The van der Waals surface area contributed by atoms with Crippen LogP contribution in [0.5, 0.6) is 0 Å². The minimum atomic E-state index is -0.389. The second kappa shape index (κ2) is 4.74. The minimum absolute atomic E-state index is 0.353. The summed E-state index contributed by atoms with van der Waals surface area (Å²) in [7, 11) is 1.36. The number of nitrogens with two attached hydrogens (primary N) is 1. The summed E-state index contributed by atoms with van der Waals surface area (Å²) in [4.78, 5) is 15.7. The summed E-state index contributed by atoms with van der Waals surface area (Å²) in [6, 6.07) is 0. The second-order valence-electron chi connectivity index (χ2n) is 4.89. The number of carbonyl (C=O) groups is 1. The molecule has 94 valence electrons. The van der Waals surface area contributed by atoms with Crippen LogP contribution in [0.1, 0.15) is 48.1 Å². The van der Waals surface area contributed by atoms with E-state index < -0.39 is 0 Å². The lowest BCUT2D eigenvalue weighted by atomic mass is 9.77. The third kappa shape index (κ3) is 2.50. The third-order valence-electron chi connectivity index (χ3n) is 3.36. The quantitative estimate of drug-likeness (QED) is 0.822. The number of hydrogen-bond donors (Lipinski definition) is 1. The highest BCUT2D eigenvalue weighted by atomic mass is 32.1. The molecule has 1 aliphatic carbocycles. The Morgan fingerprint density at radius 1 is 1.71 bits per heavy atom. The number of carbonyl (C=O) groups excluding carboxylic acids is 1. The standard InChI is InChI=1S/C12H18N2O2S/c1-8-4-3-5-12(13,6-8)11-14-9(7-17-11)10(15)16-2/h7-8H,3-6,13H2,1-2H3. The van der Waals surface area contributed by atoms with Gasteiger partial charge in [0.2, 0.25) is 0 Å². The summed E-state index contributed by atoms with van der Waals surface area (Å²) < 4.78 is 4.66. The van der Waals surface area contributed by atoms with Gasteiger partial charge in [-0.05, 0) is 18.8 Å². The van der Waals surface area contributed by atoms with E-state index in [1.165, 1.54) is 24.9 Å². The monoisotopic (exact) mass is 254 g/mol. The van der Waals surface area contributed by atoms with E-state index in [2.05, 4.69) is 16.6 Å². The summed E-state index contributed by atoms with van der Waals surface area (Å²) in [6.07, 6.45) is 4.26. The van der Waals surface area contributed by atoms with E-state index in [1.54, 1.807) is 5.38 Å². The molecule has 1 aromatic heterocycles. The maximum atomic E-state index is 11.4. The number of nitrogens with zero attached hydrogens (tertiary/aromatic N) is 1. The lowest BCUT2D eigenvalue weighted by Gasteiger charge is -2.35. The van der Waals surface area contributed by atoms with Crippen LogP contribution in [0.3, 0.4) is 0 Å². The first kappa shape index (κ1) is 12.5. The van der Waals surface area contributed by atoms with E-state index in [4.69, 9.17) is 5.73 Å². The number of rotatable bonds is 2. The van der Waals surface area contributed by atoms with Crippen molar-refractivity contribution >= 4 is 17.3 Å². The summed E-state index contributed by atoms with van der Waals surface area (Å²) in [6.45, 7) is 2.22. The highest BCUT2D eigenvalue weighted by Gasteiger charge is 2.35. The average molecular weight is 254 g/mol. The van der Waals surface area contributed by atoms with Gasteiger partial charge in [0.05, 0.1) is 12.6 Å². The molecule has 1 saturated carbocycles. The van der Waals surface area contributed by atoms with Crippen LogP contribution in [-0.2, 0) is 10.3 Å². The fourth-order valence-corrected chi connectivity index (χ4v) is 3.43. The molecular weight excluding hydrogens is 236 g/mol. The molecule has 0 spiro atoms. The van der Waals surface area contributed by atoms with Gasteiger partial charge in [0, 0.05) is 5.38 Å². The number of ether oxygens (including phenoxy) is 1. The van der Waals surface area contributed by atoms with Crippen molar-refractivity contribution in [3.8, 4) is 0 Å². The lowest BCUT2D eigenvalue weighted by molar-refractivity contribution is 0.0594. The molecule has 0 saturated heterocycles. The van der Waals surface area contributed by atoms with E-state index >= 15 is 0 Å². The molecule has 0 amide bonds. The van der Waals surface area contributed by atoms with Gasteiger partial charge >= 0.3 is 5.97 Å². The number of thiazole rings is 1. The molecule has 0 bridgehead atoms. The first-order chi connectivity index (χ1) is 8.05. The third-order valence-corrected chi connectivity index (χ3v) is 4.42. The SMILES string of the molecule is COC(=O)c1csc(C2(N)CCCC(C)C2)n1. The molecule has 5 heteroatoms. The van der Waals surface area contributed by atoms with E-state index in [0.29, 0.717) is 11.6 Å². The normalized spacial score (nSPS) is 29.0. The lowest BCUT2D eigenvalue weighted by Crippen LogP contribution is -2.41. The van der Waals surface area contributed by atoms with Gasteiger partial charge in [0.25, 0.3) is 0 Å². The Morgan fingerprint density at radius 3 is 3.12 bits per heavy atom. The maximum Gasteiger partial charge on any atom is 0.357 e. The molecule has 2 rings (SSSR count). The topological polar surface area (TPSA) is 65.2 Å². The van der Waals surface area contributed by atoms with E-state index in [1.807, 2.05) is 0 Å². The van der Waals surface area contributed by atoms with Crippen LogP contribution in [0, 0.1) is 5.92 Å². The van der Waals surface area contributed by atoms with Crippen LogP contribution in [0.2, 0.25) is 0 Å². The van der Waals surface area contributed by atoms with Gasteiger partial charge in [-0.2, -0.15) is 0 Å². The molecule has 1 fully saturated rings. The Balaban J connectivity index is 2.21. The number of aromatic nitrogens is 1. The van der Waals surface area contributed by atoms with Crippen LogP contribution in [0.15, 0.2) is 5.38 Å². The molecule has 4 nitrogen and oxygen atoms in total.